The molecule has 0 spiro atoms. The van der Waals surface area contributed by atoms with E-state index in [1.54, 1.807) is 12.1 Å². The molecule has 0 saturated carbocycles. The number of nitro benzene ring substituents is 1. The van der Waals surface area contributed by atoms with Gasteiger partial charge in [0.25, 0.3) is 5.69 Å². The second-order valence-corrected chi connectivity index (χ2v) is 4.41. The third-order valence-electron chi connectivity index (χ3n) is 2.16. The van der Waals surface area contributed by atoms with Crippen molar-refractivity contribution in [3.05, 3.63) is 38.3 Å². The van der Waals surface area contributed by atoms with Gasteiger partial charge in [-0.15, -0.1) is 0 Å². The van der Waals surface area contributed by atoms with Crippen molar-refractivity contribution in [2.75, 3.05) is 13.1 Å². The van der Waals surface area contributed by atoms with E-state index in [0.717, 1.165) is 0 Å². The van der Waals surface area contributed by atoms with Crippen molar-refractivity contribution in [2.24, 2.45) is 5.73 Å². The summed E-state index contributed by atoms with van der Waals surface area (Å²) >= 11 is 3.19. The number of nitrogens with zero attached hydrogens (tertiary/aromatic N) is 1. The van der Waals surface area contributed by atoms with Crippen molar-refractivity contribution >= 4 is 27.6 Å². The Bertz CT molecular complexity index is 453. The van der Waals surface area contributed by atoms with Crippen molar-refractivity contribution in [1.29, 1.82) is 0 Å². The molecule has 0 saturated heterocycles. The Morgan fingerprint density at radius 3 is 2.78 bits per heavy atom. The molecule has 0 aromatic heterocycles. The highest BCUT2D eigenvalue weighted by Gasteiger charge is 2.13. The number of halogens is 1. The van der Waals surface area contributed by atoms with Crippen LogP contribution in [0.5, 0.6) is 0 Å². The molecule has 0 unspecified atom stereocenters. The fourth-order valence-electron chi connectivity index (χ4n) is 1.35. The van der Waals surface area contributed by atoms with Crippen LogP contribution in [0.4, 0.5) is 10.5 Å². The molecule has 18 heavy (non-hydrogen) atoms. The standard InChI is InChI=1S/C10H13BrN4O3/c11-8-2-1-7(9(5-8)15(17)18)6-13-3-4-14-10(12)16/h1-2,5,13H,3-4,6H2,(H3,12,14,16). The van der Waals surface area contributed by atoms with Crippen LogP contribution in [0, 0.1) is 10.1 Å². The summed E-state index contributed by atoms with van der Waals surface area (Å²) in [4.78, 5) is 20.8. The van der Waals surface area contributed by atoms with E-state index in [4.69, 9.17) is 5.73 Å². The van der Waals surface area contributed by atoms with E-state index >= 15 is 0 Å². The van der Waals surface area contributed by atoms with Crippen LogP contribution in [-0.2, 0) is 6.54 Å². The SMILES string of the molecule is NC(=O)NCCNCc1ccc(Br)cc1[N+](=O)[O-]. The van der Waals surface area contributed by atoms with Crippen LogP contribution in [0.1, 0.15) is 5.56 Å². The molecule has 0 aliphatic rings. The number of nitrogens with two attached hydrogens (primary N) is 1. The normalized spacial score (nSPS) is 10.1. The summed E-state index contributed by atoms with van der Waals surface area (Å²) in [6.45, 7) is 1.21. The maximum absolute atomic E-state index is 10.8. The number of hydrogen-bond donors (Lipinski definition) is 3. The number of nitro groups is 1. The summed E-state index contributed by atoms with van der Waals surface area (Å²) < 4.78 is 0.661. The minimum atomic E-state index is -0.591. The quantitative estimate of drug-likeness (QED) is 0.415. The highest BCUT2D eigenvalue weighted by atomic mass is 79.9. The van der Waals surface area contributed by atoms with E-state index < -0.39 is 11.0 Å². The van der Waals surface area contributed by atoms with Crippen LogP contribution in [0.2, 0.25) is 0 Å². The van der Waals surface area contributed by atoms with Crippen LogP contribution < -0.4 is 16.4 Å². The Morgan fingerprint density at radius 1 is 1.44 bits per heavy atom. The number of carbonyl (C=O) groups is 1. The summed E-state index contributed by atoms with van der Waals surface area (Å²) in [5.41, 5.74) is 5.53. The molecule has 1 rings (SSSR count). The van der Waals surface area contributed by atoms with Gasteiger partial charge in [-0.1, -0.05) is 15.9 Å². The van der Waals surface area contributed by atoms with Crippen molar-refractivity contribution in [3.8, 4) is 0 Å². The molecule has 0 bridgehead atoms. The Balaban J connectivity index is 2.51. The molecule has 0 aliphatic carbocycles. The Kier molecular flexibility index (Phi) is 5.53. The number of nitrogens with one attached hydrogen (secondary N) is 2. The fourth-order valence-corrected chi connectivity index (χ4v) is 1.70. The predicted molar refractivity (Wildman–Crippen MR) is 70.1 cm³/mol. The first-order chi connectivity index (χ1) is 8.50. The van der Waals surface area contributed by atoms with E-state index in [1.807, 2.05) is 0 Å². The van der Waals surface area contributed by atoms with Gasteiger partial charge in [-0.25, -0.2) is 4.79 Å². The molecule has 0 fully saturated rings. The fraction of sp³-hybridized carbons (Fsp3) is 0.300. The van der Waals surface area contributed by atoms with Crippen LogP contribution in [-0.4, -0.2) is 24.0 Å². The van der Waals surface area contributed by atoms with E-state index in [2.05, 4.69) is 26.6 Å². The molecular weight excluding hydrogens is 304 g/mol. The van der Waals surface area contributed by atoms with Gasteiger partial charge in [0, 0.05) is 35.7 Å². The highest BCUT2D eigenvalue weighted by molar-refractivity contribution is 9.10. The number of primary amides is 1. The average Bonchev–Trinajstić information content (AvgIpc) is 2.29. The highest BCUT2D eigenvalue weighted by Crippen LogP contribution is 2.23. The lowest BCUT2D eigenvalue weighted by Crippen LogP contribution is -2.35. The Hall–Kier alpha value is -1.67. The van der Waals surface area contributed by atoms with Crippen molar-refractivity contribution in [1.82, 2.24) is 10.6 Å². The average molecular weight is 317 g/mol. The maximum Gasteiger partial charge on any atom is 0.312 e. The van der Waals surface area contributed by atoms with Gasteiger partial charge in [-0.3, -0.25) is 10.1 Å². The second kappa shape index (κ2) is 6.92. The van der Waals surface area contributed by atoms with Crippen LogP contribution in [0.25, 0.3) is 0 Å². The zero-order valence-corrected chi connectivity index (χ0v) is 11.1. The van der Waals surface area contributed by atoms with Gasteiger partial charge < -0.3 is 16.4 Å². The topological polar surface area (TPSA) is 110 Å². The van der Waals surface area contributed by atoms with Crippen LogP contribution in [0.15, 0.2) is 22.7 Å². The monoisotopic (exact) mass is 316 g/mol. The first-order valence-corrected chi connectivity index (χ1v) is 5.97. The van der Waals surface area contributed by atoms with E-state index in [-0.39, 0.29) is 5.69 Å². The third kappa shape index (κ3) is 4.68. The number of benzene rings is 1. The molecule has 0 radical (unpaired) electrons. The van der Waals surface area contributed by atoms with Gasteiger partial charge in [-0.2, -0.15) is 0 Å². The largest absolute Gasteiger partial charge is 0.352 e. The smallest absolute Gasteiger partial charge is 0.312 e. The zero-order chi connectivity index (χ0) is 13.5. The molecule has 8 heteroatoms. The molecule has 98 valence electrons. The van der Waals surface area contributed by atoms with E-state index in [0.29, 0.717) is 29.7 Å². The Morgan fingerprint density at radius 2 is 2.17 bits per heavy atom. The summed E-state index contributed by atoms with van der Waals surface area (Å²) in [5.74, 6) is 0. The molecule has 0 heterocycles. The summed E-state index contributed by atoms with van der Waals surface area (Å²) in [7, 11) is 0. The van der Waals surface area contributed by atoms with Crippen molar-refractivity contribution < 1.29 is 9.72 Å². The number of urea groups is 1. The predicted octanol–water partition coefficient (Wildman–Crippen LogP) is 1.12. The van der Waals surface area contributed by atoms with Crippen LogP contribution in [0.3, 0.4) is 0 Å². The zero-order valence-electron chi connectivity index (χ0n) is 9.48. The third-order valence-corrected chi connectivity index (χ3v) is 2.65. The van der Waals surface area contributed by atoms with Gasteiger partial charge in [0.1, 0.15) is 0 Å². The molecule has 2 amide bonds. The van der Waals surface area contributed by atoms with Gasteiger partial charge in [-0.05, 0) is 12.1 Å². The molecule has 1 aromatic rings. The lowest BCUT2D eigenvalue weighted by Gasteiger charge is -2.06. The van der Waals surface area contributed by atoms with Gasteiger partial charge in [0.05, 0.1) is 4.92 Å². The molecule has 1 aromatic carbocycles. The molecular formula is C10H13BrN4O3. The van der Waals surface area contributed by atoms with E-state index in [9.17, 15) is 14.9 Å². The molecule has 0 atom stereocenters. The number of carbonyl (C=O) groups excluding carboxylic acids is 1. The summed E-state index contributed by atoms with van der Waals surface area (Å²) in [6.07, 6.45) is 0. The summed E-state index contributed by atoms with van der Waals surface area (Å²) in [5, 5.41) is 16.2. The summed E-state index contributed by atoms with van der Waals surface area (Å²) in [6, 6.07) is 4.28. The van der Waals surface area contributed by atoms with Crippen LogP contribution >= 0.6 is 15.9 Å². The number of hydrogen-bond acceptors (Lipinski definition) is 4. The minimum Gasteiger partial charge on any atom is -0.352 e. The maximum atomic E-state index is 10.8. The van der Waals surface area contributed by atoms with Gasteiger partial charge in [0.2, 0.25) is 0 Å². The second-order valence-electron chi connectivity index (χ2n) is 3.50. The van der Waals surface area contributed by atoms with Crippen molar-refractivity contribution in [2.45, 2.75) is 6.54 Å². The number of amides is 2. The number of rotatable bonds is 6. The van der Waals surface area contributed by atoms with Gasteiger partial charge in [0.15, 0.2) is 0 Å². The lowest BCUT2D eigenvalue weighted by molar-refractivity contribution is -0.385. The molecule has 4 N–H and O–H groups in total. The minimum absolute atomic E-state index is 0.0553. The molecule has 7 nitrogen and oxygen atoms in total. The van der Waals surface area contributed by atoms with E-state index in [1.165, 1.54) is 6.07 Å². The van der Waals surface area contributed by atoms with Crippen molar-refractivity contribution in [3.63, 3.8) is 0 Å². The molecule has 0 aliphatic heterocycles. The Labute approximate surface area is 112 Å². The first kappa shape index (κ1) is 14.4. The van der Waals surface area contributed by atoms with Gasteiger partial charge >= 0.3 is 6.03 Å². The lowest BCUT2D eigenvalue weighted by atomic mass is 10.2. The first-order valence-electron chi connectivity index (χ1n) is 5.17.